The summed E-state index contributed by atoms with van der Waals surface area (Å²) in [6.45, 7) is 20.8. The molecule has 0 rings (SSSR count). The summed E-state index contributed by atoms with van der Waals surface area (Å²) in [4.78, 5) is 132. The smallest absolute Gasteiger partial charge is 0.362 e. The fraction of sp³-hybridized carbons (Fsp3) is 0.817. The average Bonchev–Trinajstić information content (AvgIpc) is 0.881. The lowest BCUT2D eigenvalue weighted by molar-refractivity contribution is -0.883. The number of hydrogen-bond acceptors (Lipinski definition) is 23. The summed E-state index contributed by atoms with van der Waals surface area (Å²) in [5.41, 5.74) is 0. The number of esters is 7. The highest BCUT2D eigenvalue weighted by Crippen LogP contribution is 2.22. The van der Waals surface area contributed by atoms with E-state index in [9.17, 15) is 73.2 Å². The number of ether oxygens (including phenoxy) is 7. The Morgan fingerprint density at radius 1 is 0.301 bits per heavy atom. The third-order valence-corrected chi connectivity index (χ3v) is 22.6. The molecule has 8 atom stereocenters. The molecule has 0 aliphatic rings. The second kappa shape index (κ2) is 90.0. The van der Waals surface area contributed by atoms with Gasteiger partial charge in [0.1, 0.15) is 57.3 Å². The minimum Gasteiger partial charge on any atom is -0.465 e. The van der Waals surface area contributed by atoms with Gasteiger partial charge in [0.05, 0.1) is 52.6 Å². The zero-order valence-electron chi connectivity index (χ0n) is 86.1. The highest BCUT2D eigenvalue weighted by Gasteiger charge is 2.30. The number of quaternary nitrogens is 2. The van der Waals surface area contributed by atoms with Crippen LogP contribution in [0.3, 0.4) is 0 Å². The molecule has 0 aromatic heterocycles. The highest BCUT2D eigenvalue weighted by molar-refractivity contribution is 5.78. The summed E-state index contributed by atoms with van der Waals surface area (Å²) < 4.78 is 37.8. The Morgan fingerprint density at radius 3 is 0.752 bits per heavy atom. The second-order valence-corrected chi connectivity index (χ2v) is 37.0. The number of aliphatic hydroxyl groups is 4. The fourth-order valence-electron chi connectivity index (χ4n) is 14.2. The Kier molecular flexibility index (Phi) is 88.0. The summed E-state index contributed by atoms with van der Waals surface area (Å²) in [6.07, 6.45) is 54.1. The molecule has 774 valence electrons. The number of carbonyl (C=O) groups excluding carboxylic acids is 11. The van der Waals surface area contributed by atoms with Crippen molar-refractivity contribution in [3.05, 3.63) is 48.6 Å². The van der Waals surface area contributed by atoms with Crippen LogP contribution in [-0.2, 0) is 85.9 Å². The molecule has 0 saturated carbocycles. The fourth-order valence-corrected chi connectivity index (χ4v) is 14.2. The van der Waals surface area contributed by atoms with Gasteiger partial charge in [-0.1, -0.05) is 219 Å². The number of likely N-dealkylation sites (N-methyl/N-ethyl adjacent to an activating group) is 3. The maximum absolute atomic E-state index is 12.8. The van der Waals surface area contributed by atoms with E-state index < -0.39 is 48.8 Å². The van der Waals surface area contributed by atoms with E-state index in [1.54, 1.807) is 13.8 Å². The van der Waals surface area contributed by atoms with Crippen molar-refractivity contribution in [2.45, 2.75) is 432 Å². The van der Waals surface area contributed by atoms with Gasteiger partial charge in [0, 0.05) is 92.0 Å². The van der Waals surface area contributed by atoms with Gasteiger partial charge in [-0.15, -0.1) is 0 Å². The van der Waals surface area contributed by atoms with Crippen molar-refractivity contribution in [2.24, 2.45) is 0 Å². The topological polar surface area (TPSA) is 385 Å². The lowest BCUT2D eigenvalue weighted by Crippen LogP contribution is -2.47. The van der Waals surface area contributed by atoms with Gasteiger partial charge in [0.2, 0.25) is 23.6 Å². The van der Waals surface area contributed by atoms with Gasteiger partial charge in [-0.05, 0) is 168 Å². The summed E-state index contributed by atoms with van der Waals surface area (Å²) in [7, 11) is 11.4. The summed E-state index contributed by atoms with van der Waals surface area (Å²) >= 11 is 0. The zero-order chi connectivity index (χ0) is 99.8. The van der Waals surface area contributed by atoms with Crippen molar-refractivity contribution in [3.8, 4) is 0 Å². The number of nitrogens with zero attached hydrogens (tertiary/aromatic N) is 3. The minimum absolute atomic E-state index is 0.000380. The van der Waals surface area contributed by atoms with Crippen LogP contribution in [0.4, 0.5) is 0 Å². The molecule has 0 saturated heterocycles. The van der Waals surface area contributed by atoms with E-state index in [1.807, 2.05) is 71.5 Å². The van der Waals surface area contributed by atoms with Crippen molar-refractivity contribution in [1.29, 1.82) is 0 Å². The van der Waals surface area contributed by atoms with Gasteiger partial charge in [-0.2, -0.15) is 0 Å². The first kappa shape index (κ1) is 130. The first-order valence-electron chi connectivity index (χ1n) is 51.5. The van der Waals surface area contributed by atoms with E-state index in [2.05, 4.69) is 78.0 Å². The molecule has 133 heavy (non-hydrogen) atoms. The predicted molar refractivity (Wildman–Crippen MR) is 529 cm³/mol. The van der Waals surface area contributed by atoms with E-state index in [4.69, 9.17) is 28.4 Å². The van der Waals surface area contributed by atoms with Crippen LogP contribution >= 0.6 is 0 Å². The molecule has 29 nitrogen and oxygen atoms in total. The SMILES string of the molecule is CC(=O)OCCN(C)C.CCCCCC(OC(=O)CC)C(O)CC=CCCCCCCCC(=O)NCCNC(=O)CCCCCCCC=CCC(O)C(CCCCC)OC(=O)CC.CCCCCC(OC(=O)C[N+](C)(C)CCOC(C)=O)C(O)CC=CCCCCCCCC(=O)NCCNC(=O)CCCCCCCC=CCC(O)C(CCCCC)OC(=O)C[N+](C)(C)CCOC(C)=O. The molecule has 0 aromatic carbocycles. The molecule has 0 aromatic rings. The van der Waals surface area contributed by atoms with E-state index in [0.29, 0.717) is 145 Å². The number of amides is 4. The summed E-state index contributed by atoms with van der Waals surface area (Å²) in [6, 6.07) is 0. The molecule has 8 N–H and O–H groups in total. The van der Waals surface area contributed by atoms with E-state index in [1.165, 1.54) is 20.8 Å². The molecule has 4 amide bonds. The van der Waals surface area contributed by atoms with Crippen LogP contribution in [0, 0.1) is 0 Å². The molecule has 8 unspecified atom stereocenters. The van der Waals surface area contributed by atoms with Gasteiger partial charge < -0.3 is 88.7 Å². The number of allylic oxidation sites excluding steroid dienone is 4. The Bertz CT molecular complexity index is 2890. The molecule has 0 spiro atoms. The number of nitrogens with one attached hydrogen (secondary N) is 4. The van der Waals surface area contributed by atoms with Crippen molar-refractivity contribution in [1.82, 2.24) is 26.2 Å². The third kappa shape index (κ3) is 89.8. The summed E-state index contributed by atoms with van der Waals surface area (Å²) in [5, 5.41) is 54.4. The molecule has 29 heteroatoms. The van der Waals surface area contributed by atoms with Crippen molar-refractivity contribution in [2.75, 3.05) is 121 Å². The molecular formula is C104H193N7O22+2. The van der Waals surface area contributed by atoms with Crippen LogP contribution < -0.4 is 21.3 Å². The lowest BCUT2D eigenvalue weighted by atomic mass is 10.0. The molecule has 0 heterocycles. The van der Waals surface area contributed by atoms with Crippen LogP contribution in [0.5, 0.6) is 0 Å². The van der Waals surface area contributed by atoms with Crippen molar-refractivity contribution < 1.29 is 115 Å². The van der Waals surface area contributed by atoms with Crippen molar-refractivity contribution in [3.63, 3.8) is 0 Å². The molecule has 0 bridgehead atoms. The Balaban J connectivity index is -0.00000238. The first-order valence-corrected chi connectivity index (χ1v) is 51.5. The Labute approximate surface area is 804 Å². The number of aliphatic hydroxyl groups excluding tert-OH is 4. The van der Waals surface area contributed by atoms with Gasteiger partial charge in [-0.3, -0.25) is 43.2 Å². The molecule has 0 aliphatic heterocycles. The molecule has 0 aliphatic carbocycles. The summed E-state index contributed by atoms with van der Waals surface area (Å²) in [5.74, 6) is -2.13. The Morgan fingerprint density at radius 2 is 0.526 bits per heavy atom. The number of carbonyl (C=O) groups is 11. The first-order chi connectivity index (χ1) is 63.6. The standard InChI is InChI=1S/C54H98N4O12.C44H80N2O8.C6H13NO2/c1-9-11-25-33-49(69-53(65)43-57(5,6)39-41-67-45(3)59)47(61)31-27-21-17-13-15-19-23-29-35-51(63)55-37-38-56-52(64)36-30-24-20-16-14-18-22-28-32-48(62)50(34-26-12-10-2)70-54(66)44-58(7,8)40-42-68-46(4)60;1-5-9-23-31-39(53-43(51)7-3)37(47)29-25-19-15-11-13-17-21-27-33-41(49)45-35-36-46-42(50)34-28-22-18-14-12-16-20-26-30-38(48)40(32-24-10-6-2)54-44(52)8-4;1-6(8)9-5-4-7(2)3/h21-22,27-28,47-50,61-62H,9-20,23-26,29-44H2,1-8H3;19-20,25-26,37-40,47-48H,5-18,21-24,27-36H2,1-4H3,(H,45,49)(H,46,50);4-5H2,1-3H3/p+2. The van der Waals surface area contributed by atoms with E-state index in [0.717, 1.165) is 238 Å². The number of rotatable bonds is 85. The maximum atomic E-state index is 12.8. The van der Waals surface area contributed by atoms with Crippen LogP contribution in [0.2, 0.25) is 0 Å². The number of hydrogen-bond donors (Lipinski definition) is 8. The lowest BCUT2D eigenvalue weighted by Gasteiger charge is -2.30. The monoisotopic (exact) mass is 1890 g/mol. The van der Waals surface area contributed by atoms with Gasteiger partial charge in [-0.25, -0.2) is 9.59 Å². The third-order valence-electron chi connectivity index (χ3n) is 22.6. The van der Waals surface area contributed by atoms with Gasteiger partial charge >= 0.3 is 41.8 Å². The van der Waals surface area contributed by atoms with Gasteiger partial charge in [0.15, 0.2) is 13.1 Å². The van der Waals surface area contributed by atoms with Crippen molar-refractivity contribution >= 4 is 65.4 Å². The maximum Gasteiger partial charge on any atom is 0.362 e. The van der Waals surface area contributed by atoms with E-state index in [-0.39, 0.29) is 91.7 Å². The van der Waals surface area contributed by atoms with E-state index >= 15 is 0 Å². The number of unbranched alkanes of at least 4 members (excludes halogenated alkanes) is 28. The average molecular weight is 1890 g/mol. The largest absolute Gasteiger partial charge is 0.465 e. The normalized spacial score (nSPS) is 13.5. The van der Waals surface area contributed by atoms with Crippen LogP contribution in [0.25, 0.3) is 0 Å². The van der Waals surface area contributed by atoms with Crippen LogP contribution in [0.15, 0.2) is 48.6 Å². The molecular weight excluding hydrogens is 1700 g/mol. The van der Waals surface area contributed by atoms with Crippen LogP contribution in [-0.4, -0.2) is 270 Å². The zero-order valence-corrected chi connectivity index (χ0v) is 86.1. The quantitative estimate of drug-likeness (QED) is 0.00921. The Hall–Kier alpha value is -7.15. The minimum atomic E-state index is -0.778. The second-order valence-electron chi connectivity index (χ2n) is 37.0. The van der Waals surface area contributed by atoms with Crippen LogP contribution in [0.1, 0.15) is 383 Å². The molecule has 0 fully saturated rings. The highest BCUT2D eigenvalue weighted by atomic mass is 16.6. The predicted octanol–water partition coefficient (Wildman–Crippen LogP) is 16.8. The molecule has 0 radical (unpaired) electrons. The van der Waals surface area contributed by atoms with Gasteiger partial charge in [0.25, 0.3) is 0 Å².